The zero-order chi connectivity index (χ0) is 18.8. The number of ether oxygens (including phenoxy) is 1. The Morgan fingerprint density at radius 2 is 1.76 bits per heavy atom. The fourth-order valence-electron chi connectivity index (χ4n) is 2.25. The molecule has 0 radical (unpaired) electrons. The summed E-state index contributed by atoms with van der Waals surface area (Å²) in [5.74, 6) is -0.0239. The van der Waals surface area contributed by atoms with Gasteiger partial charge in [-0.1, -0.05) is 29.8 Å². The lowest BCUT2D eigenvalue weighted by molar-refractivity contribution is -0.137. The summed E-state index contributed by atoms with van der Waals surface area (Å²) < 4.78 is 44.0. The number of alkyl halides is 3. The number of hydrogen-bond acceptors (Lipinski definition) is 2. The Labute approximate surface area is 148 Å². The molecule has 7 heteroatoms. The molecule has 134 valence electrons. The van der Waals surface area contributed by atoms with Crippen molar-refractivity contribution in [1.29, 1.82) is 0 Å². The Hall–Kier alpha value is -2.21. The second-order valence-corrected chi connectivity index (χ2v) is 6.07. The van der Waals surface area contributed by atoms with Crippen LogP contribution in [0.3, 0.4) is 0 Å². The number of carbonyl (C=O) groups is 1. The number of amides is 1. The second kappa shape index (κ2) is 7.35. The van der Waals surface area contributed by atoms with Gasteiger partial charge in [0.15, 0.2) is 6.10 Å². The molecule has 0 fully saturated rings. The van der Waals surface area contributed by atoms with E-state index in [0.29, 0.717) is 5.75 Å². The van der Waals surface area contributed by atoms with Gasteiger partial charge in [0.1, 0.15) is 5.75 Å². The number of aryl methyl sites for hydroxylation is 2. The maximum atomic E-state index is 12.8. The summed E-state index contributed by atoms with van der Waals surface area (Å²) in [5.41, 5.74) is 0.711. The van der Waals surface area contributed by atoms with Gasteiger partial charge in [0, 0.05) is 0 Å². The highest BCUT2D eigenvalue weighted by Gasteiger charge is 2.31. The molecule has 0 aliphatic rings. The molecule has 25 heavy (non-hydrogen) atoms. The molecule has 0 saturated heterocycles. The fourth-order valence-corrected chi connectivity index (χ4v) is 2.41. The molecule has 0 aliphatic carbocycles. The van der Waals surface area contributed by atoms with E-state index in [2.05, 4.69) is 5.32 Å². The largest absolute Gasteiger partial charge is 0.480 e. The topological polar surface area (TPSA) is 38.3 Å². The predicted molar refractivity (Wildman–Crippen MR) is 91.1 cm³/mol. The maximum absolute atomic E-state index is 12.8. The van der Waals surface area contributed by atoms with Gasteiger partial charge in [-0.3, -0.25) is 4.79 Å². The molecule has 0 saturated carbocycles. The number of rotatable bonds is 4. The molecule has 0 heterocycles. The van der Waals surface area contributed by atoms with Crippen molar-refractivity contribution in [2.45, 2.75) is 33.1 Å². The molecule has 1 amide bonds. The molecular formula is C18H17ClF3NO2. The summed E-state index contributed by atoms with van der Waals surface area (Å²) in [6.07, 6.45) is -5.44. The Bertz CT molecular complexity index is 770. The average Bonchev–Trinajstić information content (AvgIpc) is 2.51. The molecule has 0 aromatic heterocycles. The second-order valence-electron chi connectivity index (χ2n) is 5.66. The molecule has 2 aromatic rings. The van der Waals surface area contributed by atoms with Gasteiger partial charge in [-0.2, -0.15) is 13.2 Å². The zero-order valence-electron chi connectivity index (χ0n) is 13.9. The first-order valence-corrected chi connectivity index (χ1v) is 7.88. The van der Waals surface area contributed by atoms with E-state index < -0.39 is 23.8 Å². The van der Waals surface area contributed by atoms with Gasteiger partial charge in [-0.05, 0) is 50.1 Å². The molecule has 0 bridgehead atoms. The van der Waals surface area contributed by atoms with E-state index in [1.165, 1.54) is 6.92 Å². The number of nitrogens with one attached hydrogen (secondary N) is 1. The summed E-state index contributed by atoms with van der Waals surface area (Å²) in [6, 6.07) is 8.30. The van der Waals surface area contributed by atoms with Crippen LogP contribution in [0.4, 0.5) is 18.9 Å². The highest BCUT2D eigenvalue weighted by Crippen LogP contribution is 2.34. The monoisotopic (exact) mass is 371 g/mol. The first kappa shape index (κ1) is 19.1. The van der Waals surface area contributed by atoms with Crippen LogP contribution >= 0.6 is 11.6 Å². The lowest BCUT2D eigenvalue weighted by Gasteiger charge is -2.18. The quantitative estimate of drug-likeness (QED) is 0.783. The summed E-state index contributed by atoms with van der Waals surface area (Å²) in [5, 5.41) is 2.40. The zero-order valence-corrected chi connectivity index (χ0v) is 14.6. The number of carbonyl (C=O) groups excluding carboxylic acids is 1. The van der Waals surface area contributed by atoms with Crippen LogP contribution in [0.5, 0.6) is 5.75 Å². The number of halogens is 4. The molecule has 0 spiro atoms. The normalized spacial score (nSPS) is 12.6. The fraction of sp³-hybridized carbons (Fsp3) is 0.278. The third-order valence-electron chi connectivity index (χ3n) is 3.62. The van der Waals surface area contributed by atoms with Crippen LogP contribution in [0.25, 0.3) is 0 Å². The van der Waals surface area contributed by atoms with Crippen molar-refractivity contribution in [2.75, 3.05) is 5.32 Å². The van der Waals surface area contributed by atoms with Crippen LogP contribution in [0.15, 0.2) is 36.4 Å². The van der Waals surface area contributed by atoms with Crippen LogP contribution in [0.2, 0.25) is 5.02 Å². The number of benzene rings is 2. The molecule has 2 aromatic carbocycles. The van der Waals surface area contributed by atoms with Crippen LogP contribution < -0.4 is 10.1 Å². The molecule has 1 atom stereocenters. The van der Waals surface area contributed by atoms with Crippen LogP contribution in [-0.4, -0.2) is 12.0 Å². The summed E-state index contributed by atoms with van der Waals surface area (Å²) >= 11 is 5.88. The SMILES string of the molecule is Cc1cccc(C)c1OC(C)C(=O)Nc1cc(C(F)(F)F)ccc1Cl. The van der Waals surface area contributed by atoms with Gasteiger partial charge in [0.2, 0.25) is 0 Å². The Morgan fingerprint density at radius 3 is 2.32 bits per heavy atom. The van der Waals surface area contributed by atoms with Crippen molar-refractivity contribution in [3.63, 3.8) is 0 Å². The van der Waals surface area contributed by atoms with E-state index in [9.17, 15) is 18.0 Å². The highest BCUT2D eigenvalue weighted by atomic mass is 35.5. The van der Waals surface area contributed by atoms with E-state index in [4.69, 9.17) is 16.3 Å². The Kier molecular flexibility index (Phi) is 5.62. The molecule has 1 unspecified atom stereocenters. The maximum Gasteiger partial charge on any atom is 0.416 e. The number of hydrogen-bond donors (Lipinski definition) is 1. The average molecular weight is 372 g/mol. The van der Waals surface area contributed by atoms with Crippen molar-refractivity contribution in [2.24, 2.45) is 0 Å². The van der Waals surface area contributed by atoms with Crippen LogP contribution in [0, 0.1) is 13.8 Å². The first-order chi connectivity index (χ1) is 11.6. The van der Waals surface area contributed by atoms with E-state index >= 15 is 0 Å². The summed E-state index contributed by atoms with van der Waals surface area (Å²) in [4.78, 5) is 12.3. The predicted octanol–water partition coefficient (Wildman–Crippen LogP) is 5.38. The van der Waals surface area contributed by atoms with E-state index in [-0.39, 0.29) is 10.7 Å². The Balaban J connectivity index is 2.16. The molecule has 1 N–H and O–H groups in total. The molecule has 0 aliphatic heterocycles. The van der Waals surface area contributed by atoms with Crippen molar-refractivity contribution in [1.82, 2.24) is 0 Å². The smallest absolute Gasteiger partial charge is 0.416 e. The summed E-state index contributed by atoms with van der Waals surface area (Å²) in [6.45, 7) is 5.20. The van der Waals surface area contributed by atoms with Gasteiger partial charge < -0.3 is 10.1 Å². The first-order valence-electron chi connectivity index (χ1n) is 7.50. The van der Waals surface area contributed by atoms with Gasteiger partial charge >= 0.3 is 6.18 Å². The third-order valence-corrected chi connectivity index (χ3v) is 3.95. The lowest BCUT2D eigenvalue weighted by atomic mass is 10.1. The van der Waals surface area contributed by atoms with E-state index in [1.54, 1.807) is 0 Å². The minimum absolute atomic E-state index is 0.0145. The van der Waals surface area contributed by atoms with Gasteiger partial charge in [0.25, 0.3) is 5.91 Å². The molecular weight excluding hydrogens is 355 g/mol. The van der Waals surface area contributed by atoms with Crippen molar-refractivity contribution >= 4 is 23.2 Å². The Morgan fingerprint density at radius 1 is 1.16 bits per heavy atom. The molecule has 3 nitrogen and oxygen atoms in total. The van der Waals surface area contributed by atoms with Crippen molar-refractivity contribution in [3.05, 3.63) is 58.1 Å². The van der Waals surface area contributed by atoms with E-state index in [0.717, 1.165) is 29.3 Å². The standard InChI is InChI=1S/C18H17ClF3NO2/c1-10-5-4-6-11(2)16(10)25-12(3)17(24)23-15-9-13(18(20,21)22)7-8-14(15)19/h4-9,12H,1-3H3,(H,23,24). The van der Waals surface area contributed by atoms with Crippen molar-refractivity contribution < 1.29 is 22.7 Å². The van der Waals surface area contributed by atoms with Crippen LogP contribution in [-0.2, 0) is 11.0 Å². The minimum Gasteiger partial charge on any atom is -0.480 e. The molecule has 2 rings (SSSR count). The van der Waals surface area contributed by atoms with Gasteiger partial charge in [-0.15, -0.1) is 0 Å². The lowest BCUT2D eigenvalue weighted by Crippen LogP contribution is -2.30. The number of para-hydroxylation sites is 1. The minimum atomic E-state index is -4.52. The van der Waals surface area contributed by atoms with Gasteiger partial charge in [-0.25, -0.2) is 0 Å². The summed E-state index contributed by atoms with van der Waals surface area (Å²) in [7, 11) is 0. The number of anilines is 1. The van der Waals surface area contributed by atoms with Crippen molar-refractivity contribution in [3.8, 4) is 5.75 Å². The highest BCUT2D eigenvalue weighted by molar-refractivity contribution is 6.33. The van der Waals surface area contributed by atoms with Crippen LogP contribution in [0.1, 0.15) is 23.6 Å². The van der Waals surface area contributed by atoms with E-state index in [1.807, 2.05) is 32.0 Å². The third kappa shape index (κ3) is 4.66. The van der Waals surface area contributed by atoms with Gasteiger partial charge in [0.05, 0.1) is 16.3 Å².